The quantitative estimate of drug-likeness (QED) is 0.561. The van der Waals surface area contributed by atoms with E-state index >= 15 is 0 Å². The van der Waals surface area contributed by atoms with Gasteiger partial charge in [-0.05, 0) is 60.7 Å². The Labute approximate surface area is 152 Å². The number of hydrogen-bond donors (Lipinski definition) is 1. The molecule has 3 aromatic carbocycles. The number of nitrogens with zero attached hydrogens (tertiary/aromatic N) is 2. The van der Waals surface area contributed by atoms with Gasteiger partial charge in [-0.25, -0.2) is 23.5 Å². The lowest BCUT2D eigenvalue weighted by Crippen LogP contribution is -2.02. The zero-order valence-electron chi connectivity index (χ0n) is 13.9. The summed E-state index contributed by atoms with van der Waals surface area (Å²) in [5, 5.41) is 9.44. The van der Waals surface area contributed by atoms with Crippen LogP contribution >= 0.6 is 0 Å². The highest BCUT2D eigenvalue weighted by Gasteiger charge is 2.17. The summed E-state index contributed by atoms with van der Waals surface area (Å²) in [5.74, 6) is -1.90. The van der Waals surface area contributed by atoms with E-state index in [1.54, 1.807) is 36.4 Å². The van der Waals surface area contributed by atoms with E-state index in [0.29, 0.717) is 28.0 Å². The number of carboxylic acid groups (broad SMARTS) is 1. The van der Waals surface area contributed by atoms with Gasteiger partial charge in [-0.2, -0.15) is 0 Å². The molecule has 0 atom stereocenters. The zero-order chi connectivity index (χ0) is 19.0. The molecule has 1 heterocycles. The lowest BCUT2D eigenvalue weighted by Gasteiger charge is -2.12. The monoisotopic (exact) mass is 362 g/mol. The fourth-order valence-corrected chi connectivity index (χ4v) is 2.87. The Kier molecular flexibility index (Phi) is 4.08. The summed E-state index contributed by atoms with van der Waals surface area (Å²) in [7, 11) is 0. The molecule has 0 saturated heterocycles. The number of benzene rings is 3. The van der Waals surface area contributed by atoms with E-state index in [9.17, 15) is 18.7 Å². The third kappa shape index (κ3) is 3.13. The molecule has 6 heteroatoms. The topological polar surface area (TPSA) is 63.1 Å². The molecule has 0 bridgehead atoms. The molecule has 0 aliphatic heterocycles. The van der Waals surface area contributed by atoms with Crippen LogP contribution in [0, 0.1) is 11.6 Å². The highest BCUT2D eigenvalue weighted by molar-refractivity contribution is 6.02. The fourth-order valence-electron chi connectivity index (χ4n) is 2.87. The summed E-state index contributed by atoms with van der Waals surface area (Å²) in [4.78, 5) is 20.7. The number of rotatable bonds is 3. The maximum Gasteiger partial charge on any atom is 0.337 e. The van der Waals surface area contributed by atoms with Crippen molar-refractivity contribution in [2.24, 2.45) is 0 Å². The van der Waals surface area contributed by atoms with E-state index in [4.69, 9.17) is 0 Å². The Morgan fingerprint density at radius 3 is 1.78 bits per heavy atom. The molecular weight excluding hydrogens is 350 g/mol. The van der Waals surface area contributed by atoms with Crippen LogP contribution in [-0.4, -0.2) is 21.0 Å². The summed E-state index contributed by atoms with van der Waals surface area (Å²) in [6.45, 7) is 0. The number of carboxylic acids is 1. The average molecular weight is 362 g/mol. The first-order valence-corrected chi connectivity index (χ1v) is 8.09. The number of aromatic carboxylic acids is 1. The highest BCUT2D eigenvalue weighted by atomic mass is 19.1. The van der Waals surface area contributed by atoms with Crippen molar-refractivity contribution in [3.8, 4) is 22.5 Å². The van der Waals surface area contributed by atoms with Crippen molar-refractivity contribution < 1.29 is 18.7 Å². The molecule has 4 aromatic rings. The third-order valence-electron chi connectivity index (χ3n) is 4.16. The predicted octanol–water partition coefficient (Wildman–Crippen LogP) is 4.94. The zero-order valence-corrected chi connectivity index (χ0v) is 13.9. The number of halogens is 2. The molecule has 0 amide bonds. The van der Waals surface area contributed by atoms with Crippen LogP contribution in [0.15, 0.2) is 66.7 Å². The minimum absolute atomic E-state index is 0.0222. The van der Waals surface area contributed by atoms with Gasteiger partial charge in [0, 0.05) is 11.1 Å². The average Bonchev–Trinajstić information content (AvgIpc) is 2.67. The molecular formula is C21H12F2N2O2. The second-order valence-corrected chi connectivity index (χ2v) is 5.91. The molecule has 0 fully saturated rings. The molecule has 0 saturated carbocycles. The Morgan fingerprint density at radius 2 is 1.26 bits per heavy atom. The van der Waals surface area contributed by atoms with Crippen molar-refractivity contribution >= 4 is 17.0 Å². The van der Waals surface area contributed by atoms with Crippen LogP contribution in [0.25, 0.3) is 33.5 Å². The van der Waals surface area contributed by atoms with E-state index < -0.39 is 11.8 Å². The lowest BCUT2D eigenvalue weighted by atomic mass is 10.0. The second-order valence-electron chi connectivity index (χ2n) is 5.91. The van der Waals surface area contributed by atoms with Crippen molar-refractivity contribution in [3.05, 3.63) is 83.9 Å². The smallest absolute Gasteiger partial charge is 0.337 e. The summed E-state index contributed by atoms with van der Waals surface area (Å²) < 4.78 is 26.7. The Hall–Kier alpha value is -3.67. The maximum absolute atomic E-state index is 13.3. The van der Waals surface area contributed by atoms with E-state index in [0.717, 1.165) is 0 Å². The minimum Gasteiger partial charge on any atom is -0.478 e. The number of fused-ring (bicyclic) bond motifs is 1. The van der Waals surface area contributed by atoms with Crippen molar-refractivity contribution in [1.29, 1.82) is 0 Å². The second kappa shape index (κ2) is 6.57. The number of aromatic nitrogens is 2. The molecule has 4 rings (SSSR count). The Morgan fingerprint density at radius 1 is 0.741 bits per heavy atom. The first-order valence-electron chi connectivity index (χ1n) is 8.09. The van der Waals surface area contributed by atoms with Gasteiger partial charge in [0.1, 0.15) is 17.2 Å². The molecule has 132 valence electrons. The van der Waals surface area contributed by atoms with Gasteiger partial charge >= 0.3 is 5.97 Å². The standard InChI is InChI=1S/C21H12F2N2O2/c22-14-8-4-12(5-9-14)18-19(13-6-10-15(23)11-7-13)25-20-16(21(26)27)2-1-3-17(20)24-18/h1-11H,(H,26,27). The summed E-state index contributed by atoms with van der Waals surface area (Å²) >= 11 is 0. The normalized spacial score (nSPS) is 10.9. The molecule has 0 aliphatic rings. The van der Waals surface area contributed by atoms with Gasteiger partial charge in [0.25, 0.3) is 0 Å². The van der Waals surface area contributed by atoms with Gasteiger partial charge in [0.15, 0.2) is 0 Å². The predicted molar refractivity (Wildman–Crippen MR) is 97.3 cm³/mol. The molecule has 0 radical (unpaired) electrons. The molecule has 1 N–H and O–H groups in total. The number of carbonyl (C=O) groups is 1. The largest absolute Gasteiger partial charge is 0.478 e. The fraction of sp³-hybridized carbons (Fsp3) is 0. The Bertz CT molecular complexity index is 1160. The molecule has 0 spiro atoms. The van der Waals surface area contributed by atoms with Crippen LogP contribution in [0.2, 0.25) is 0 Å². The molecule has 27 heavy (non-hydrogen) atoms. The van der Waals surface area contributed by atoms with Crippen LogP contribution in [0.5, 0.6) is 0 Å². The number of hydrogen-bond acceptors (Lipinski definition) is 3. The first-order chi connectivity index (χ1) is 13.0. The summed E-state index contributed by atoms with van der Waals surface area (Å²) in [6, 6.07) is 16.1. The summed E-state index contributed by atoms with van der Waals surface area (Å²) in [6.07, 6.45) is 0. The van der Waals surface area contributed by atoms with Gasteiger partial charge in [-0.15, -0.1) is 0 Å². The van der Waals surface area contributed by atoms with Crippen molar-refractivity contribution in [1.82, 2.24) is 9.97 Å². The van der Waals surface area contributed by atoms with Gasteiger partial charge in [0.05, 0.1) is 22.5 Å². The van der Waals surface area contributed by atoms with Crippen molar-refractivity contribution in [3.63, 3.8) is 0 Å². The molecule has 0 aliphatic carbocycles. The SMILES string of the molecule is O=C(O)c1cccc2nc(-c3ccc(F)cc3)c(-c3ccc(F)cc3)nc12. The van der Waals surface area contributed by atoms with Gasteiger partial charge < -0.3 is 5.11 Å². The van der Waals surface area contributed by atoms with Crippen LogP contribution in [0.3, 0.4) is 0 Å². The molecule has 1 aromatic heterocycles. The molecule has 0 unspecified atom stereocenters. The van der Waals surface area contributed by atoms with E-state index in [2.05, 4.69) is 9.97 Å². The third-order valence-corrected chi connectivity index (χ3v) is 4.16. The van der Waals surface area contributed by atoms with E-state index in [-0.39, 0.29) is 16.9 Å². The van der Waals surface area contributed by atoms with Crippen molar-refractivity contribution in [2.45, 2.75) is 0 Å². The van der Waals surface area contributed by atoms with Crippen LogP contribution < -0.4 is 0 Å². The van der Waals surface area contributed by atoms with Crippen molar-refractivity contribution in [2.75, 3.05) is 0 Å². The van der Waals surface area contributed by atoms with Crippen LogP contribution in [0.4, 0.5) is 8.78 Å². The maximum atomic E-state index is 13.3. The van der Waals surface area contributed by atoms with Crippen LogP contribution in [0.1, 0.15) is 10.4 Å². The lowest BCUT2D eigenvalue weighted by molar-refractivity contribution is 0.0699. The van der Waals surface area contributed by atoms with Crippen LogP contribution in [-0.2, 0) is 0 Å². The Balaban J connectivity index is 2.05. The summed E-state index contributed by atoms with van der Waals surface area (Å²) in [5.41, 5.74) is 2.69. The van der Waals surface area contributed by atoms with Gasteiger partial charge in [-0.3, -0.25) is 0 Å². The first kappa shape index (κ1) is 16.8. The van der Waals surface area contributed by atoms with E-state index in [1.807, 2.05) is 0 Å². The minimum atomic E-state index is -1.12. The van der Waals surface area contributed by atoms with Gasteiger partial charge in [0.2, 0.25) is 0 Å². The highest BCUT2D eigenvalue weighted by Crippen LogP contribution is 2.32. The number of para-hydroxylation sites is 1. The van der Waals surface area contributed by atoms with E-state index in [1.165, 1.54) is 30.3 Å². The molecule has 4 nitrogen and oxygen atoms in total. The van der Waals surface area contributed by atoms with Gasteiger partial charge in [-0.1, -0.05) is 6.07 Å².